The highest BCUT2D eigenvalue weighted by Crippen LogP contribution is 2.30. The first-order valence-corrected chi connectivity index (χ1v) is 7.75. The van der Waals surface area contributed by atoms with Gasteiger partial charge in [-0.1, -0.05) is 0 Å². The monoisotopic (exact) mass is 280 g/mol. The molecule has 0 bridgehead atoms. The molecule has 4 nitrogen and oxygen atoms in total. The molecule has 1 aliphatic carbocycles. The van der Waals surface area contributed by atoms with Crippen molar-refractivity contribution in [1.29, 1.82) is 0 Å². The molecule has 1 heterocycles. The van der Waals surface area contributed by atoms with Crippen LogP contribution >= 0.6 is 0 Å². The van der Waals surface area contributed by atoms with Crippen LogP contribution in [0.2, 0.25) is 0 Å². The van der Waals surface area contributed by atoms with Gasteiger partial charge in [0, 0.05) is 37.7 Å². The van der Waals surface area contributed by atoms with Crippen molar-refractivity contribution in [3.63, 3.8) is 0 Å². The highest BCUT2D eigenvalue weighted by Gasteiger charge is 2.21. The molecular formula is C16H28N2O2. The molecule has 0 saturated heterocycles. The Morgan fingerprint density at radius 3 is 2.95 bits per heavy atom. The lowest BCUT2D eigenvalue weighted by Crippen LogP contribution is -2.18. The van der Waals surface area contributed by atoms with Gasteiger partial charge in [-0.15, -0.1) is 0 Å². The van der Waals surface area contributed by atoms with E-state index in [4.69, 9.17) is 15.2 Å². The number of hydrogen-bond acceptors (Lipinski definition) is 3. The Kier molecular flexibility index (Phi) is 6.07. The zero-order chi connectivity index (χ0) is 14.4. The number of ether oxygens (including phenoxy) is 2. The number of nitrogens with zero attached hydrogens (tertiary/aromatic N) is 1. The summed E-state index contributed by atoms with van der Waals surface area (Å²) in [6.07, 6.45) is 5.79. The normalized spacial score (nSPS) is 18.2. The van der Waals surface area contributed by atoms with Crippen LogP contribution in [0.5, 0.6) is 0 Å². The van der Waals surface area contributed by atoms with Gasteiger partial charge in [0.1, 0.15) is 0 Å². The summed E-state index contributed by atoms with van der Waals surface area (Å²) in [6, 6.07) is 2.53. The minimum Gasteiger partial charge on any atom is -0.382 e. The maximum Gasteiger partial charge on any atom is 0.0700 e. The van der Waals surface area contributed by atoms with Crippen LogP contribution in [0.25, 0.3) is 0 Å². The molecule has 0 aliphatic heterocycles. The fourth-order valence-electron chi connectivity index (χ4n) is 3.03. The van der Waals surface area contributed by atoms with Gasteiger partial charge in [0.25, 0.3) is 0 Å². The van der Waals surface area contributed by atoms with Crippen LogP contribution in [-0.4, -0.2) is 31.5 Å². The Labute approximate surface area is 122 Å². The minimum atomic E-state index is 0.246. The van der Waals surface area contributed by atoms with Crippen molar-refractivity contribution in [2.24, 2.45) is 5.73 Å². The number of methoxy groups -OCH3 is 1. The molecule has 2 rings (SSSR count). The summed E-state index contributed by atoms with van der Waals surface area (Å²) in [4.78, 5) is 0. The van der Waals surface area contributed by atoms with Crippen LogP contribution in [0.1, 0.15) is 48.7 Å². The molecule has 1 atom stereocenters. The van der Waals surface area contributed by atoms with Gasteiger partial charge < -0.3 is 19.8 Å². The van der Waals surface area contributed by atoms with Gasteiger partial charge in [0.05, 0.1) is 13.2 Å². The van der Waals surface area contributed by atoms with E-state index >= 15 is 0 Å². The van der Waals surface area contributed by atoms with E-state index in [0.29, 0.717) is 13.2 Å². The molecule has 0 radical (unpaired) electrons. The molecule has 20 heavy (non-hydrogen) atoms. The van der Waals surface area contributed by atoms with Crippen LogP contribution in [-0.2, 0) is 22.4 Å². The fraction of sp³-hybridized carbons (Fsp3) is 0.750. The Bertz CT molecular complexity index is 415. The van der Waals surface area contributed by atoms with Crippen molar-refractivity contribution in [3.05, 3.63) is 23.0 Å². The standard InChI is InChI=1S/C16H28N2O2/c1-13-12-14-15(17)6-5-7-16(14)18(13)8-3-4-9-20-11-10-19-2/h12,15H,3-11,17H2,1-2H3. The number of unbranched alkanes of at least 4 members (excludes halogenated alkanes) is 1. The molecule has 4 heteroatoms. The Morgan fingerprint density at radius 2 is 2.15 bits per heavy atom. The van der Waals surface area contributed by atoms with Gasteiger partial charge in [-0.05, 0) is 50.7 Å². The van der Waals surface area contributed by atoms with Gasteiger partial charge in [0.2, 0.25) is 0 Å². The van der Waals surface area contributed by atoms with E-state index < -0.39 is 0 Å². The summed E-state index contributed by atoms with van der Waals surface area (Å²) in [5, 5.41) is 0. The van der Waals surface area contributed by atoms with Crippen molar-refractivity contribution in [1.82, 2.24) is 4.57 Å². The summed E-state index contributed by atoms with van der Waals surface area (Å²) in [5.74, 6) is 0. The molecule has 0 saturated carbocycles. The molecule has 1 aromatic rings. The number of aryl methyl sites for hydroxylation is 1. The smallest absolute Gasteiger partial charge is 0.0700 e. The lowest BCUT2D eigenvalue weighted by atomic mass is 9.93. The Balaban J connectivity index is 1.78. The number of rotatable bonds is 8. The SMILES string of the molecule is COCCOCCCCn1c(C)cc2c1CCCC2N. The number of nitrogens with two attached hydrogens (primary N) is 1. The number of hydrogen-bond donors (Lipinski definition) is 1. The molecule has 114 valence electrons. The highest BCUT2D eigenvalue weighted by molar-refractivity contribution is 5.32. The lowest BCUT2D eigenvalue weighted by Gasteiger charge is -2.21. The number of aromatic nitrogens is 1. The van der Waals surface area contributed by atoms with Gasteiger partial charge in [-0.25, -0.2) is 0 Å². The molecule has 0 fully saturated rings. The van der Waals surface area contributed by atoms with Crippen LogP contribution < -0.4 is 5.73 Å². The van der Waals surface area contributed by atoms with E-state index in [1.165, 1.54) is 29.8 Å². The molecule has 1 aliphatic rings. The zero-order valence-corrected chi connectivity index (χ0v) is 12.9. The highest BCUT2D eigenvalue weighted by atomic mass is 16.5. The van der Waals surface area contributed by atoms with Gasteiger partial charge >= 0.3 is 0 Å². The second kappa shape index (κ2) is 7.81. The first kappa shape index (κ1) is 15.5. The molecule has 2 N–H and O–H groups in total. The molecule has 0 aromatic carbocycles. The average Bonchev–Trinajstić information content (AvgIpc) is 2.76. The van der Waals surface area contributed by atoms with Crippen LogP contribution in [0.15, 0.2) is 6.07 Å². The van der Waals surface area contributed by atoms with E-state index in [1.54, 1.807) is 7.11 Å². The van der Waals surface area contributed by atoms with Gasteiger partial charge in [-0.2, -0.15) is 0 Å². The molecule has 1 aromatic heterocycles. The van der Waals surface area contributed by atoms with Crippen LogP contribution in [0.4, 0.5) is 0 Å². The first-order chi connectivity index (χ1) is 9.74. The van der Waals surface area contributed by atoms with Crippen molar-refractivity contribution in [2.75, 3.05) is 26.9 Å². The largest absolute Gasteiger partial charge is 0.382 e. The van der Waals surface area contributed by atoms with Crippen molar-refractivity contribution in [3.8, 4) is 0 Å². The van der Waals surface area contributed by atoms with E-state index in [9.17, 15) is 0 Å². The minimum absolute atomic E-state index is 0.246. The second-order valence-corrected chi connectivity index (χ2v) is 5.65. The summed E-state index contributed by atoms with van der Waals surface area (Å²) >= 11 is 0. The maximum absolute atomic E-state index is 6.21. The predicted octanol–water partition coefficient (Wildman–Crippen LogP) is 2.58. The average molecular weight is 280 g/mol. The zero-order valence-electron chi connectivity index (χ0n) is 12.9. The third-order valence-electron chi connectivity index (χ3n) is 4.13. The van der Waals surface area contributed by atoms with Gasteiger partial charge in [0.15, 0.2) is 0 Å². The van der Waals surface area contributed by atoms with E-state index in [-0.39, 0.29) is 6.04 Å². The van der Waals surface area contributed by atoms with Crippen molar-refractivity contribution in [2.45, 2.75) is 51.6 Å². The Morgan fingerprint density at radius 1 is 1.30 bits per heavy atom. The van der Waals surface area contributed by atoms with Gasteiger partial charge in [-0.3, -0.25) is 0 Å². The second-order valence-electron chi connectivity index (χ2n) is 5.65. The van der Waals surface area contributed by atoms with E-state index in [0.717, 1.165) is 32.4 Å². The van der Waals surface area contributed by atoms with E-state index in [2.05, 4.69) is 17.6 Å². The van der Waals surface area contributed by atoms with Crippen molar-refractivity contribution < 1.29 is 9.47 Å². The summed E-state index contributed by atoms with van der Waals surface area (Å²) < 4.78 is 12.9. The molecule has 1 unspecified atom stereocenters. The first-order valence-electron chi connectivity index (χ1n) is 7.75. The number of fused-ring (bicyclic) bond motifs is 1. The molecule has 0 amide bonds. The molecular weight excluding hydrogens is 252 g/mol. The fourth-order valence-corrected chi connectivity index (χ4v) is 3.03. The van der Waals surface area contributed by atoms with Crippen molar-refractivity contribution >= 4 is 0 Å². The van der Waals surface area contributed by atoms with E-state index in [1.807, 2.05) is 0 Å². The summed E-state index contributed by atoms with van der Waals surface area (Å²) in [6.45, 7) is 5.48. The quantitative estimate of drug-likeness (QED) is 0.745. The predicted molar refractivity (Wildman–Crippen MR) is 81.0 cm³/mol. The molecule has 0 spiro atoms. The summed E-state index contributed by atoms with van der Waals surface area (Å²) in [5.41, 5.74) is 10.4. The Hall–Kier alpha value is -0.840. The third-order valence-corrected chi connectivity index (χ3v) is 4.13. The third kappa shape index (κ3) is 3.84. The lowest BCUT2D eigenvalue weighted by molar-refractivity contribution is 0.0684. The summed E-state index contributed by atoms with van der Waals surface area (Å²) in [7, 11) is 1.70. The maximum atomic E-state index is 6.21. The van der Waals surface area contributed by atoms with Crippen LogP contribution in [0, 0.1) is 6.92 Å². The van der Waals surface area contributed by atoms with Crippen LogP contribution in [0.3, 0.4) is 0 Å². The topological polar surface area (TPSA) is 49.4 Å².